The summed E-state index contributed by atoms with van der Waals surface area (Å²) >= 11 is 0. The SMILES string of the molecule is CC1(C)c2cc(BOC(C)(C)C(C)(C)O)ccc2-c2ccc3c(ccc4c3c3cccc5c6ccccc6n4c53)c21. The summed E-state index contributed by atoms with van der Waals surface area (Å²) in [4.78, 5) is 0. The summed E-state index contributed by atoms with van der Waals surface area (Å²) in [5.74, 6) is 0. The summed E-state index contributed by atoms with van der Waals surface area (Å²) in [7, 11) is 0.460. The molecule has 0 aliphatic heterocycles. The normalized spacial score (nSPS) is 15.0. The van der Waals surface area contributed by atoms with Gasteiger partial charge in [0, 0.05) is 27.0 Å². The maximum absolute atomic E-state index is 10.6. The van der Waals surface area contributed by atoms with E-state index in [9.17, 15) is 5.11 Å². The van der Waals surface area contributed by atoms with Crippen molar-refractivity contribution in [1.29, 1.82) is 0 Å². The van der Waals surface area contributed by atoms with E-state index in [1.807, 2.05) is 13.8 Å². The smallest absolute Gasteiger partial charge is 0.309 e. The van der Waals surface area contributed by atoms with Crippen LogP contribution in [-0.2, 0) is 10.1 Å². The van der Waals surface area contributed by atoms with Crippen molar-refractivity contribution in [3.8, 4) is 11.1 Å². The zero-order chi connectivity index (χ0) is 28.5. The van der Waals surface area contributed by atoms with Crippen molar-refractivity contribution in [2.24, 2.45) is 0 Å². The van der Waals surface area contributed by atoms with Crippen LogP contribution in [0.15, 0.2) is 84.9 Å². The van der Waals surface area contributed by atoms with Gasteiger partial charge in [-0.3, -0.25) is 0 Å². The van der Waals surface area contributed by atoms with Gasteiger partial charge in [0.2, 0.25) is 0 Å². The lowest BCUT2D eigenvalue weighted by atomic mass is 9.76. The molecule has 0 spiro atoms. The van der Waals surface area contributed by atoms with Gasteiger partial charge in [-0.05, 0) is 72.9 Å². The van der Waals surface area contributed by atoms with E-state index in [0.717, 1.165) is 5.46 Å². The third-order valence-electron chi connectivity index (χ3n) is 10.1. The van der Waals surface area contributed by atoms with Crippen molar-refractivity contribution < 1.29 is 9.76 Å². The maximum Gasteiger partial charge on any atom is 0.309 e. The minimum absolute atomic E-state index is 0.160. The summed E-state index contributed by atoms with van der Waals surface area (Å²) in [5.41, 5.74) is 8.59. The highest BCUT2D eigenvalue weighted by Gasteiger charge is 2.39. The Labute approximate surface area is 241 Å². The fraction of sp³-hybridized carbons (Fsp3) is 0.243. The molecule has 0 bridgehead atoms. The summed E-state index contributed by atoms with van der Waals surface area (Å²) in [6, 6.07) is 31.6. The molecule has 7 aromatic rings. The van der Waals surface area contributed by atoms with Crippen LogP contribution in [0.4, 0.5) is 0 Å². The van der Waals surface area contributed by atoms with Crippen molar-refractivity contribution in [2.45, 2.75) is 58.2 Å². The molecule has 2 aromatic heterocycles. The fourth-order valence-corrected chi connectivity index (χ4v) is 7.24. The molecule has 8 rings (SSSR count). The van der Waals surface area contributed by atoms with Crippen LogP contribution in [0.1, 0.15) is 52.7 Å². The number of benzene rings is 5. The van der Waals surface area contributed by atoms with Crippen LogP contribution in [0.25, 0.3) is 60.0 Å². The molecule has 1 aliphatic carbocycles. The monoisotopic (exact) mass is 535 g/mol. The van der Waals surface area contributed by atoms with E-state index in [2.05, 4.69) is 103 Å². The number of para-hydroxylation sites is 2. The molecule has 1 N–H and O–H groups in total. The Balaban J connectivity index is 1.32. The molecule has 0 saturated carbocycles. The highest BCUT2D eigenvalue weighted by atomic mass is 16.5. The van der Waals surface area contributed by atoms with Gasteiger partial charge in [0.15, 0.2) is 0 Å². The Hall–Kier alpha value is -3.86. The van der Waals surface area contributed by atoms with Gasteiger partial charge >= 0.3 is 7.48 Å². The third-order valence-corrected chi connectivity index (χ3v) is 10.1. The Morgan fingerprint density at radius 1 is 0.707 bits per heavy atom. The molecule has 3 nitrogen and oxygen atoms in total. The number of hydrogen-bond donors (Lipinski definition) is 1. The average molecular weight is 535 g/mol. The molecule has 0 amide bonds. The minimum atomic E-state index is -0.935. The van der Waals surface area contributed by atoms with Gasteiger partial charge in [-0.25, -0.2) is 0 Å². The van der Waals surface area contributed by atoms with Gasteiger partial charge in [-0.15, -0.1) is 0 Å². The number of fused-ring (bicyclic) bond motifs is 12. The van der Waals surface area contributed by atoms with E-state index >= 15 is 0 Å². The molecule has 0 saturated heterocycles. The molecule has 5 aromatic carbocycles. The van der Waals surface area contributed by atoms with E-state index in [1.54, 1.807) is 13.8 Å². The van der Waals surface area contributed by atoms with Gasteiger partial charge in [0.1, 0.15) is 0 Å². The Bertz CT molecular complexity index is 2200. The van der Waals surface area contributed by atoms with Gasteiger partial charge in [0.05, 0.1) is 27.8 Å². The predicted octanol–water partition coefficient (Wildman–Crippen LogP) is 7.84. The summed E-state index contributed by atoms with van der Waals surface area (Å²) in [5, 5.41) is 18.5. The van der Waals surface area contributed by atoms with Gasteiger partial charge in [-0.1, -0.05) is 92.1 Å². The Kier molecular flexibility index (Phi) is 4.80. The fourth-order valence-electron chi connectivity index (χ4n) is 7.24. The lowest BCUT2D eigenvalue weighted by molar-refractivity contribution is -0.0893. The third kappa shape index (κ3) is 3.18. The van der Waals surface area contributed by atoms with Crippen LogP contribution >= 0.6 is 0 Å². The van der Waals surface area contributed by atoms with Crippen LogP contribution in [0.3, 0.4) is 0 Å². The van der Waals surface area contributed by atoms with E-state index in [-0.39, 0.29) is 5.41 Å². The van der Waals surface area contributed by atoms with E-state index in [4.69, 9.17) is 4.65 Å². The molecule has 0 unspecified atom stereocenters. The number of hydrogen-bond acceptors (Lipinski definition) is 2. The van der Waals surface area contributed by atoms with Crippen molar-refractivity contribution in [1.82, 2.24) is 4.40 Å². The zero-order valence-corrected chi connectivity index (χ0v) is 24.6. The average Bonchev–Trinajstić information content (AvgIpc) is 3.54. The van der Waals surface area contributed by atoms with E-state index in [1.165, 1.54) is 71.1 Å². The molecule has 0 atom stereocenters. The minimum Gasteiger partial charge on any atom is -0.427 e. The number of rotatable bonds is 4. The second-order valence-electron chi connectivity index (χ2n) is 13.5. The number of aliphatic hydroxyl groups is 1. The first-order valence-corrected chi connectivity index (χ1v) is 14.6. The molecule has 4 heteroatoms. The highest BCUT2D eigenvalue weighted by molar-refractivity contribution is 6.47. The first-order chi connectivity index (χ1) is 19.5. The Morgan fingerprint density at radius 2 is 1.41 bits per heavy atom. The van der Waals surface area contributed by atoms with Crippen LogP contribution in [-0.4, -0.2) is 28.2 Å². The molecule has 2 heterocycles. The lowest BCUT2D eigenvalue weighted by Gasteiger charge is -2.37. The quantitative estimate of drug-likeness (QED) is 0.233. The second-order valence-corrected chi connectivity index (χ2v) is 13.5. The standard InChI is InChI=1S/C37H34BNO2/c1-35(2)29-20-21(38-41-37(5,6)36(3,4)40)14-15-22(29)25-17-16-24-26(33(25)35)18-19-31-32(24)28-12-9-11-27-23-10-7-8-13-30(23)39(31)34(27)28/h7-20,38,40H,1-6H3. The van der Waals surface area contributed by atoms with Gasteiger partial charge < -0.3 is 14.2 Å². The number of nitrogens with zero attached hydrogens (tertiary/aromatic N) is 1. The van der Waals surface area contributed by atoms with Crippen molar-refractivity contribution in [2.75, 3.05) is 0 Å². The highest BCUT2D eigenvalue weighted by Crippen LogP contribution is 2.52. The molecule has 41 heavy (non-hydrogen) atoms. The van der Waals surface area contributed by atoms with Gasteiger partial charge in [0.25, 0.3) is 0 Å². The van der Waals surface area contributed by atoms with Gasteiger partial charge in [-0.2, -0.15) is 0 Å². The first kappa shape index (κ1) is 24.9. The van der Waals surface area contributed by atoms with Crippen LogP contribution < -0.4 is 5.46 Å². The molecule has 0 radical (unpaired) electrons. The predicted molar refractivity (Wildman–Crippen MR) is 174 cm³/mol. The summed E-state index contributed by atoms with van der Waals surface area (Å²) in [6.07, 6.45) is 0. The van der Waals surface area contributed by atoms with Crippen LogP contribution in [0.5, 0.6) is 0 Å². The molecule has 1 aliphatic rings. The largest absolute Gasteiger partial charge is 0.427 e. The lowest BCUT2D eigenvalue weighted by Crippen LogP contribution is -2.49. The second kappa shape index (κ2) is 7.91. The molecule has 0 fully saturated rings. The molecule has 202 valence electrons. The van der Waals surface area contributed by atoms with Crippen molar-refractivity contribution in [3.63, 3.8) is 0 Å². The summed E-state index contributed by atoms with van der Waals surface area (Å²) in [6.45, 7) is 12.2. The van der Waals surface area contributed by atoms with E-state index < -0.39 is 11.2 Å². The number of aromatic nitrogens is 1. The van der Waals surface area contributed by atoms with Crippen LogP contribution in [0, 0.1) is 0 Å². The van der Waals surface area contributed by atoms with Crippen molar-refractivity contribution in [3.05, 3.63) is 96.1 Å². The zero-order valence-electron chi connectivity index (χ0n) is 24.6. The topological polar surface area (TPSA) is 33.9 Å². The van der Waals surface area contributed by atoms with Crippen molar-refractivity contribution >= 4 is 61.8 Å². The summed E-state index contributed by atoms with van der Waals surface area (Å²) < 4.78 is 8.70. The van der Waals surface area contributed by atoms with Crippen LogP contribution in [0.2, 0.25) is 0 Å². The Morgan fingerprint density at radius 3 is 2.22 bits per heavy atom. The molecular weight excluding hydrogens is 501 g/mol. The van der Waals surface area contributed by atoms with E-state index in [0.29, 0.717) is 7.48 Å². The maximum atomic E-state index is 10.6. The molecular formula is C37H34BNO2. The first-order valence-electron chi connectivity index (χ1n) is 14.6.